The third kappa shape index (κ3) is 4.00. The van der Waals surface area contributed by atoms with Crippen LogP contribution in [0.15, 0.2) is 30.3 Å². The lowest BCUT2D eigenvalue weighted by molar-refractivity contribution is -0.136. The highest BCUT2D eigenvalue weighted by molar-refractivity contribution is 5.90. The van der Waals surface area contributed by atoms with Gasteiger partial charge in [-0.15, -0.1) is 0 Å². The van der Waals surface area contributed by atoms with E-state index < -0.39 is 0 Å². The van der Waals surface area contributed by atoms with Crippen LogP contribution in [0, 0.1) is 5.92 Å². The molecule has 0 unspecified atom stereocenters. The van der Waals surface area contributed by atoms with Crippen LogP contribution in [0.3, 0.4) is 0 Å². The Labute approximate surface area is 132 Å². The van der Waals surface area contributed by atoms with E-state index >= 15 is 0 Å². The van der Waals surface area contributed by atoms with E-state index in [2.05, 4.69) is 5.32 Å². The second-order valence-corrected chi connectivity index (χ2v) is 5.59. The Morgan fingerprint density at radius 3 is 2.55 bits per heavy atom. The number of para-hydroxylation sites is 1. The lowest BCUT2D eigenvalue weighted by Gasteiger charge is -2.34. The minimum Gasteiger partial charge on any atom is -0.343 e. The van der Waals surface area contributed by atoms with Gasteiger partial charge in [0.15, 0.2) is 0 Å². The Morgan fingerprint density at radius 2 is 1.91 bits per heavy atom. The number of nitrogens with one attached hydrogen (secondary N) is 1. The van der Waals surface area contributed by atoms with Crippen molar-refractivity contribution in [3.05, 3.63) is 30.3 Å². The largest absolute Gasteiger partial charge is 0.343 e. The zero-order valence-electron chi connectivity index (χ0n) is 13.4. The maximum Gasteiger partial charge on any atom is 0.321 e. The summed E-state index contributed by atoms with van der Waals surface area (Å²) in [6, 6.07) is 9.29. The van der Waals surface area contributed by atoms with Crippen molar-refractivity contribution in [2.24, 2.45) is 5.92 Å². The molecule has 0 aromatic heterocycles. The quantitative estimate of drug-likeness (QED) is 0.930. The van der Waals surface area contributed by atoms with Crippen molar-refractivity contribution < 1.29 is 9.59 Å². The van der Waals surface area contributed by atoms with Gasteiger partial charge in [-0.3, -0.25) is 4.79 Å². The number of piperidine rings is 1. The van der Waals surface area contributed by atoms with Gasteiger partial charge in [0.1, 0.15) is 0 Å². The van der Waals surface area contributed by atoms with Crippen LogP contribution in [0.2, 0.25) is 0 Å². The normalized spacial score (nSPS) is 17.9. The number of benzene rings is 1. The van der Waals surface area contributed by atoms with E-state index in [1.165, 1.54) is 0 Å². The minimum absolute atomic E-state index is 0.0739. The SMILES string of the molecule is CCN(CC)C(=O)[C@@H]1CCCN(C(=O)Nc2ccccc2)C1. The van der Waals surface area contributed by atoms with Crippen molar-refractivity contribution >= 4 is 17.6 Å². The summed E-state index contributed by atoms with van der Waals surface area (Å²) in [5.74, 6) is 0.0948. The Hall–Kier alpha value is -2.04. The molecule has 5 heteroatoms. The van der Waals surface area contributed by atoms with Gasteiger partial charge in [0, 0.05) is 31.9 Å². The first-order valence-corrected chi connectivity index (χ1v) is 8.05. The van der Waals surface area contributed by atoms with Gasteiger partial charge in [-0.1, -0.05) is 18.2 Å². The maximum absolute atomic E-state index is 12.5. The first-order valence-electron chi connectivity index (χ1n) is 8.05. The van der Waals surface area contributed by atoms with E-state index in [4.69, 9.17) is 0 Å². The van der Waals surface area contributed by atoms with Crippen LogP contribution in [0.25, 0.3) is 0 Å². The van der Waals surface area contributed by atoms with Gasteiger partial charge in [-0.05, 0) is 38.8 Å². The van der Waals surface area contributed by atoms with E-state index in [1.807, 2.05) is 49.1 Å². The van der Waals surface area contributed by atoms with Crippen LogP contribution in [0.1, 0.15) is 26.7 Å². The van der Waals surface area contributed by atoms with Gasteiger partial charge >= 0.3 is 6.03 Å². The summed E-state index contributed by atoms with van der Waals surface area (Å²) in [6.45, 7) is 6.65. The summed E-state index contributed by atoms with van der Waals surface area (Å²) in [7, 11) is 0. The summed E-state index contributed by atoms with van der Waals surface area (Å²) >= 11 is 0. The third-order valence-electron chi connectivity index (χ3n) is 4.16. The molecule has 1 aromatic rings. The number of nitrogens with zero attached hydrogens (tertiary/aromatic N) is 2. The molecule has 2 rings (SSSR count). The summed E-state index contributed by atoms with van der Waals surface area (Å²) in [5, 5.41) is 2.89. The Balaban J connectivity index is 1.95. The zero-order chi connectivity index (χ0) is 15.9. The number of rotatable bonds is 4. The smallest absolute Gasteiger partial charge is 0.321 e. The number of hydrogen-bond acceptors (Lipinski definition) is 2. The molecule has 1 heterocycles. The molecule has 1 saturated heterocycles. The molecular weight excluding hydrogens is 278 g/mol. The molecule has 22 heavy (non-hydrogen) atoms. The summed E-state index contributed by atoms with van der Waals surface area (Å²) in [5.41, 5.74) is 0.782. The molecule has 0 saturated carbocycles. The van der Waals surface area contributed by atoms with Crippen LogP contribution in [-0.4, -0.2) is 47.9 Å². The molecule has 0 spiro atoms. The fourth-order valence-corrected chi connectivity index (χ4v) is 2.88. The van der Waals surface area contributed by atoms with Gasteiger partial charge in [-0.2, -0.15) is 0 Å². The van der Waals surface area contributed by atoms with Gasteiger partial charge in [0.2, 0.25) is 5.91 Å². The Morgan fingerprint density at radius 1 is 1.23 bits per heavy atom. The topological polar surface area (TPSA) is 52.7 Å². The van der Waals surface area contributed by atoms with Crippen molar-refractivity contribution in [1.82, 2.24) is 9.80 Å². The van der Waals surface area contributed by atoms with Crippen LogP contribution in [0.4, 0.5) is 10.5 Å². The monoisotopic (exact) mass is 303 g/mol. The average molecular weight is 303 g/mol. The molecule has 1 aromatic carbocycles. The van der Waals surface area contributed by atoms with Gasteiger partial charge < -0.3 is 15.1 Å². The van der Waals surface area contributed by atoms with E-state index in [0.29, 0.717) is 13.1 Å². The van der Waals surface area contributed by atoms with Crippen LogP contribution >= 0.6 is 0 Å². The predicted molar refractivity (Wildman–Crippen MR) is 87.7 cm³/mol. The second kappa shape index (κ2) is 7.82. The molecule has 0 aliphatic carbocycles. The van der Waals surface area contributed by atoms with Crippen molar-refractivity contribution in [3.8, 4) is 0 Å². The van der Waals surface area contributed by atoms with E-state index in [-0.39, 0.29) is 17.9 Å². The lowest BCUT2D eigenvalue weighted by Crippen LogP contribution is -2.47. The minimum atomic E-state index is -0.122. The first kappa shape index (κ1) is 16.3. The van der Waals surface area contributed by atoms with Gasteiger partial charge in [-0.25, -0.2) is 4.79 Å². The van der Waals surface area contributed by atoms with Gasteiger partial charge in [0.05, 0.1) is 5.92 Å². The van der Waals surface area contributed by atoms with E-state index in [1.54, 1.807) is 4.90 Å². The highest BCUT2D eigenvalue weighted by atomic mass is 16.2. The standard InChI is InChI=1S/C17H25N3O2/c1-3-19(4-2)16(21)14-9-8-12-20(13-14)17(22)18-15-10-6-5-7-11-15/h5-7,10-11,14H,3-4,8-9,12-13H2,1-2H3,(H,18,22)/t14-/m1/s1. The molecule has 120 valence electrons. The number of anilines is 1. The number of urea groups is 1. The van der Waals surface area contributed by atoms with Crippen LogP contribution in [-0.2, 0) is 4.79 Å². The summed E-state index contributed by atoms with van der Waals surface area (Å²) in [4.78, 5) is 28.4. The lowest BCUT2D eigenvalue weighted by atomic mass is 9.96. The number of hydrogen-bond donors (Lipinski definition) is 1. The highest BCUT2D eigenvalue weighted by Gasteiger charge is 2.30. The van der Waals surface area contributed by atoms with E-state index in [9.17, 15) is 9.59 Å². The molecule has 5 nitrogen and oxygen atoms in total. The molecule has 1 aliphatic rings. The molecule has 1 atom stereocenters. The van der Waals surface area contributed by atoms with Crippen molar-refractivity contribution in [2.75, 3.05) is 31.5 Å². The number of carbonyl (C=O) groups is 2. The molecule has 3 amide bonds. The molecule has 0 radical (unpaired) electrons. The summed E-state index contributed by atoms with van der Waals surface area (Å²) in [6.07, 6.45) is 1.74. The van der Waals surface area contributed by atoms with Gasteiger partial charge in [0.25, 0.3) is 0 Å². The zero-order valence-corrected chi connectivity index (χ0v) is 13.4. The van der Waals surface area contributed by atoms with Crippen molar-refractivity contribution in [2.45, 2.75) is 26.7 Å². The molecular formula is C17H25N3O2. The van der Waals surface area contributed by atoms with Crippen LogP contribution in [0.5, 0.6) is 0 Å². The van der Waals surface area contributed by atoms with Crippen molar-refractivity contribution in [3.63, 3.8) is 0 Å². The average Bonchev–Trinajstić information content (AvgIpc) is 2.57. The fourth-order valence-electron chi connectivity index (χ4n) is 2.88. The third-order valence-corrected chi connectivity index (χ3v) is 4.16. The molecule has 1 N–H and O–H groups in total. The maximum atomic E-state index is 12.5. The number of carbonyl (C=O) groups excluding carboxylic acids is 2. The summed E-state index contributed by atoms with van der Waals surface area (Å²) < 4.78 is 0. The van der Waals surface area contributed by atoms with Crippen molar-refractivity contribution in [1.29, 1.82) is 0 Å². The first-order chi connectivity index (χ1) is 10.7. The van der Waals surface area contributed by atoms with E-state index in [0.717, 1.165) is 31.6 Å². The molecule has 1 aliphatic heterocycles. The number of amides is 3. The number of likely N-dealkylation sites (tertiary alicyclic amines) is 1. The Bertz CT molecular complexity index is 500. The molecule has 1 fully saturated rings. The fraction of sp³-hybridized carbons (Fsp3) is 0.529. The second-order valence-electron chi connectivity index (χ2n) is 5.59. The predicted octanol–water partition coefficient (Wildman–Crippen LogP) is 2.80. The van der Waals surface area contributed by atoms with Crippen LogP contribution < -0.4 is 5.32 Å². The highest BCUT2D eigenvalue weighted by Crippen LogP contribution is 2.20. The molecule has 0 bridgehead atoms. The Kier molecular flexibility index (Phi) is 5.81.